The second kappa shape index (κ2) is 7.30. The Morgan fingerprint density at radius 2 is 1.50 bits per heavy atom. The summed E-state index contributed by atoms with van der Waals surface area (Å²) in [5, 5.41) is 22.5. The number of alkyl halides is 1. The summed E-state index contributed by atoms with van der Waals surface area (Å²) in [6.45, 7) is 0. The van der Waals surface area contributed by atoms with Crippen molar-refractivity contribution in [3.8, 4) is 0 Å². The van der Waals surface area contributed by atoms with Crippen LogP contribution in [0.4, 0.5) is 0 Å². The molecule has 0 fully saturated rings. The Hall–Kier alpha value is -0.355. The van der Waals surface area contributed by atoms with E-state index in [4.69, 9.17) is 15.1 Å². The van der Waals surface area contributed by atoms with Gasteiger partial charge in [-0.15, -0.1) is 0 Å². The van der Waals surface area contributed by atoms with Gasteiger partial charge in [0.05, 0.1) is 0 Å². The average Bonchev–Trinajstić information content (AvgIpc) is 2.05. The third-order valence-electron chi connectivity index (χ3n) is 0.997. The van der Waals surface area contributed by atoms with Gasteiger partial charge in [-0.1, -0.05) is 46.3 Å². The third kappa shape index (κ3) is 7.75. The summed E-state index contributed by atoms with van der Waals surface area (Å²) < 4.78 is 0. The van der Waals surface area contributed by atoms with Gasteiger partial charge in [0.2, 0.25) is 0 Å². The van der Waals surface area contributed by atoms with Crippen molar-refractivity contribution in [3.63, 3.8) is 0 Å². The van der Waals surface area contributed by atoms with E-state index in [-0.39, 0.29) is 0 Å². The Bertz CT molecular complexity index is 190. The number of hydrogen-bond donors (Lipinski definition) is 3. The zero-order valence-electron chi connectivity index (χ0n) is 6.39. The molecule has 1 aromatic carbocycles. The lowest BCUT2D eigenvalue weighted by atomic mass is 10.2. The molecule has 12 heavy (non-hydrogen) atoms. The van der Waals surface area contributed by atoms with E-state index < -0.39 is 7.32 Å². The first-order valence-electron chi connectivity index (χ1n) is 3.31. The van der Waals surface area contributed by atoms with E-state index in [1.807, 2.05) is 18.2 Å². The Balaban J connectivity index is 0.000000261. The summed E-state index contributed by atoms with van der Waals surface area (Å²) in [5.41, 5.74) is 1.33. The van der Waals surface area contributed by atoms with Crippen LogP contribution in [0.25, 0.3) is 0 Å². The molecule has 0 saturated heterocycles. The first-order valence-corrected chi connectivity index (χ1v) is 4.43. The fourth-order valence-corrected chi connectivity index (χ4v) is 0.941. The zero-order valence-corrected chi connectivity index (χ0v) is 7.98. The van der Waals surface area contributed by atoms with Gasteiger partial charge in [0.1, 0.15) is 0 Å². The van der Waals surface area contributed by atoms with Crippen LogP contribution < -0.4 is 0 Å². The van der Waals surface area contributed by atoms with Crippen LogP contribution in [-0.4, -0.2) is 22.4 Å². The van der Waals surface area contributed by atoms with Crippen molar-refractivity contribution in [2.24, 2.45) is 0 Å². The molecule has 0 aliphatic carbocycles. The summed E-state index contributed by atoms with van der Waals surface area (Å²) in [4.78, 5) is 0. The van der Waals surface area contributed by atoms with Crippen LogP contribution in [0.3, 0.4) is 0 Å². The van der Waals surface area contributed by atoms with Gasteiger partial charge in [-0.05, 0) is 5.56 Å². The molecular formula is C7H10BBrO3. The summed E-state index contributed by atoms with van der Waals surface area (Å²) >= 11 is 3.36. The number of halogens is 1. The quantitative estimate of drug-likeness (QED) is 0.489. The van der Waals surface area contributed by atoms with E-state index in [1.165, 1.54) is 5.56 Å². The summed E-state index contributed by atoms with van der Waals surface area (Å²) in [7, 11) is -2.17. The monoisotopic (exact) mass is 232 g/mol. The highest BCUT2D eigenvalue weighted by Crippen LogP contribution is 2.02. The maximum absolute atomic E-state index is 7.17. The maximum Gasteiger partial charge on any atom is 0.631 e. The molecule has 0 atom stereocenters. The average molecular weight is 233 g/mol. The van der Waals surface area contributed by atoms with Crippen molar-refractivity contribution in [2.75, 3.05) is 0 Å². The maximum atomic E-state index is 7.17. The van der Waals surface area contributed by atoms with Gasteiger partial charge in [0.15, 0.2) is 0 Å². The first-order chi connectivity index (χ1) is 5.66. The van der Waals surface area contributed by atoms with Gasteiger partial charge in [0, 0.05) is 5.33 Å². The molecule has 0 saturated carbocycles. The number of benzene rings is 1. The minimum absolute atomic E-state index is 0.952. The van der Waals surface area contributed by atoms with Crippen molar-refractivity contribution < 1.29 is 15.1 Å². The molecule has 0 aliphatic heterocycles. The smallest absolute Gasteiger partial charge is 0.402 e. The zero-order chi connectivity index (χ0) is 9.40. The SMILES string of the molecule is BrCc1ccccc1.OB(O)O. The minimum Gasteiger partial charge on any atom is -0.402 e. The second-order valence-electron chi connectivity index (χ2n) is 1.97. The van der Waals surface area contributed by atoms with E-state index >= 15 is 0 Å². The van der Waals surface area contributed by atoms with E-state index in [1.54, 1.807) is 0 Å². The molecule has 0 spiro atoms. The molecule has 0 amide bonds. The molecule has 3 nitrogen and oxygen atoms in total. The molecule has 1 aromatic rings. The molecule has 66 valence electrons. The summed E-state index contributed by atoms with van der Waals surface area (Å²) in [6, 6.07) is 10.3. The highest BCUT2D eigenvalue weighted by molar-refractivity contribution is 9.08. The molecule has 3 N–H and O–H groups in total. The molecule has 0 radical (unpaired) electrons. The minimum atomic E-state index is -2.17. The molecule has 0 unspecified atom stereocenters. The Morgan fingerprint density at radius 1 is 1.08 bits per heavy atom. The molecule has 0 bridgehead atoms. The van der Waals surface area contributed by atoms with Crippen LogP contribution in [0, 0.1) is 0 Å². The van der Waals surface area contributed by atoms with Crippen LogP contribution in [0.5, 0.6) is 0 Å². The van der Waals surface area contributed by atoms with Crippen LogP contribution in [-0.2, 0) is 5.33 Å². The highest BCUT2D eigenvalue weighted by atomic mass is 79.9. The standard InChI is InChI=1S/C7H7Br.BH3O3/c8-6-7-4-2-1-3-5-7;2-1(3)4/h1-5H,6H2;2-4H. The van der Waals surface area contributed by atoms with Gasteiger partial charge in [-0.25, -0.2) is 0 Å². The van der Waals surface area contributed by atoms with E-state index in [2.05, 4.69) is 28.1 Å². The van der Waals surface area contributed by atoms with Crippen LogP contribution in [0.15, 0.2) is 30.3 Å². The van der Waals surface area contributed by atoms with Gasteiger partial charge >= 0.3 is 7.32 Å². The fraction of sp³-hybridized carbons (Fsp3) is 0.143. The fourth-order valence-electron chi connectivity index (χ4n) is 0.567. The predicted octanol–water partition coefficient (Wildman–Crippen LogP) is 0.530. The lowest BCUT2D eigenvalue weighted by Gasteiger charge is -1.88. The van der Waals surface area contributed by atoms with Crippen LogP contribution in [0.1, 0.15) is 5.56 Å². The summed E-state index contributed by atoms with van der Waals surface area (Å²) in [5.74, 6) is 0. The first kappa shape index (κ1) is 11.6. The Morgan fingerprint density at radius 3 is 1.75 bits per heavy atom. The normalized spacial score (nSPS) is 8.33. The lowest BCUT2D eigenvalue weighted by Crippen LogP contribution is -2.07. The largest absolute Gasteiger partial charge is 0.631 e. The predicted molar refractivity (Wildman–Crippen MR) is 51.5 cm³/mol. The molecule has 1 rings (SSSR count). The van der Waals surface area contributed by atoms with Crippen molar-refractivity contribution in [2.45, 2.75) is 5.33 Å². The van der Waals surface area contributed by atoms with Crippen LogP contribution >= 0.6 is 15.9 Å². The molecular weight excluding hydrogens is 223 g/mol. The summed E-state index contributed by atoms with van der Waals surface area (Å²) in [6.07, 6.45) is 0. The highest BCUT2D eigenvalue weighted by Gasteiger charge is 1.92. The lowest BCUT2D eigenvalue weighted by molar-refractivity contribution is 0.278. The topological polar surface area (TPSA) is 60.7 Å². The third-order valence-corrected chi connectivity index (χ3v) is 1.64. The van der Waals surface area contributed by atoms with E-state index in [0.29, 0.717) is 0 Å². The van der Waals surface area contributed by atoms with Gasteiger partial charge in [-0.2, -0.15) is 0 Å². The second-order valence-corrected chi connectivity index (χ2v) is 2.53. The van der Waals surface area contributed by atoms with Crippen molar-refractivity contribution >= 4 is 23.3 Å². The number of rotatable bonds is 1. The van der Waals surface area contributed by atoms with Gasteiger partial charge < -0.3 is 15.1 Å². The van der Waals surface area contributed by atoms with Crippen molar-refractivity contribution in [3.05, 3.63) is 35.9 Å². The molecule has 0 aromatic heterocycles. The number of hydrogen-bond acceptors (Lipinski definition) is 3. The Kier molecular flexibility index (Phi) is 7.09. The Labute approximate surface area is 80.0 Å². The van der Waals surface area contributed by atoms with Crippen LogP contribution in [0.2, 0.25) is 0 Å². The van der Waals surface area contributed by atoms with E-state index in [0.717, 1.165) is 5.33 Å². The van der Waals surface area contributed by atoms with Crippen molar-refractivity contribution in [1.82, 2.24) is 0 Å². The molecule has 0 heterocycles. The van der Waals surface area contributed by atoms with E-state index in [9.17, 15) is 0 Å². The molecule has 0 aliphatic rings. The molecule has 5 heteroatoms. The van der Waals surface area contributed by atoms with Gasteiger partial charge in [0.25, 0.3) is 0 Å². The van der Waals surface area contributed by atoms with Gasteiger partial charge in [-0.3, -0.25) is 0 Å². The van der Waals surface area contributed by atoms with Crippen molar-refractivity contribution in [1.29, 1.82) is 0 Å².